The maximum atomic E-state index is 13.9. The number of nitrogens with one attached hydrogen (secondary N) is 2. The van der Waals surface area contributed by atoms with Gasteiger partial charge in [0.15, 0.2) is 0 Å². The smallest absolute Gasteiger partial charge is 0.257 e. The molecule has 31 heavy (non-hydrogen) atoms. The number of aryl methyl sites for hydroxylation is 2. The van der Waals surface area contributed by atoms with Crippen molar-refractivity contribution >= 4 is 23.2 Å². The number of benzene rings is 1. The van der Waals surface area contributed by atoms with Crippen LogP contribution in [0.15, 0.2) is 18.2 Å². The summed E-state index contributed by atoms with van der Waals surface area (Å²) in [5.74, 6) is -0.416. The lowest BCUT2D eigenvalue weighted by atomic mass is 9.89. The molecule has 2 aliphatic rings. The van der Waals surface area contributed by atoms with Gasteiger partial charge in [-0.05, 0) is 45.9 Å². The highest BCUT2D eigenvalue weighted by Crippen LogP contribution is 2.31. The average Bonchev–Trinajstić information content (AvgIpc) is 3.09. The molecule has 7 nitrogen and oxygen atoms in total. The van der Waals surface area contributed by atoms with Crippen LogP contribution in [-0.4, -0.2) is 58.8 Å². The third-order valence-electron chi connectivity index (χ3n) is 5.95. The Bertz CT molecular complexity index is 1020. The fourth-order valence-corrected chi connectivity index (χ4v) is 4.09. The summed E-state index contributed by atoms with van der Waals surface area (Å²) < 4.78 is 19.8. The van der Waals surface area contributed by atoms with Crippen LogP contribution in [0, 0.1) is 25.1 Å². The van der Waals surface area contributed by atoms with Crippen molar-refractivity contribution in [1.29, 1.82) is 5.41 Å². The van der Waals surface area contributed by atoms with Gasteiger partial charge in [0.1, 0.15) is 23.5 Å². The van der Waals surface area contributed by atoms with Gasteiger partial charge in [-0.1, -0.05) is 11.6 Å². The molecule has 2 aromatic rings. The van der Waals surface area contributed by atoms with E-state index in [-0.39, 0.29) is 30.9 Å². The van der Waals surface area contributed by atoms with Gasteiger partial charge >= 0.3 is 0 Å². The quantitative estimate of drug-likeness (QED) is 0.737. The van der Waals surface area contributed by atoms with Crippen LogP contribution in [0.4, 0.5) is 4.39 Å². The first-order valence-electron chi connectivity index (χ1n) is 10.3. The standard InChI is InChI=1S/C22H25ClFN5O2/c1-11-20(23)12(2)28-21(27-11)17-9-29(10-18(17)25)22(30)16-5-4-13(24)6-19(16)31-15-7-14(8-15)26-3/h4-6,14-15,17,25-26H,7-10H2,1-3H3. The van der Waals surface area contributed by atoms with Crippen molar-refractivity contribution in [2.45, 2.75) is 44.8 Å². The van der Waals surface area contributed by atoms with Gasteiger partial charge in [0.25, 0.3) is 5.91 Å². The topological polar surface area (TPSA) is 91.2 Å². The number of likely N-dealkylation sites (tertiary alicyclic amines) is 1. The lowest BCUT2D eigenvalue weighted by molar-refractivity contribution is 0.0743. The molecule has 2 fully saturated rings. The fraction of sp³-hybridized carbons (Fsp3) is 0.455. The van der Waals surface area contributed by atoms with Gasteiger partial charge in [0.05, 0.1) is 34.4 Å². The molecular formula is C22H25ClFN5O2. The number of ether oxygens (including phenoxy) is 1. The largest absolute Gasteiger partial charge is 0.489 e. The summed E-state index contributed by atoms with van der Waals surface area (Å²) in [6.07, 6.45) is 1.57. The van der Waals surface area contributed by atoms with E-state index in [2.05, 4.69) is 15.3 Å². The molecule has 2 N–H and O–H groups in total. The van der Waals surface area contributed by atoms with Gasteiger partial charge < -0.3 is 20.4 Å². The monoisotopic (exact) mass is 445 g/mol. The summed E-state index contributed by atoms with van der Waals surface area (Å²) in [5, 5.41) is 12.1. The molecule has 1 saturated carbocycles. The Morgan fingerprint density at radius 1 is 1.29 bits per heavy atom. The highest BCUT2D eigenvalue weighted by molar-refractivity contribution is 6.31. The molecule has 4 rings (SSSR count). The molecule has 1 aliphatic heterocycles. The summed E-state index contributed by atoms with van der Waals surface area (Å²) in [6, 6.07) is 4.34. The number of carbonyl (C=O) groups excluding carboxylic acids is 1. The van der Waals surface area contributed by atoms with E-state index in [1.807, 2.05) is 7.05 Å². The first-order valence-corrected chi connectivity index (χ1v) is 10.6. The zero-order valence-electron chi connectivity index (χ0n) is 17.7. The third-order valence-corrected chi connectivity index (χ3v) is 6.50. The first kappa shape index (κ1) is 21.6. The minimum Gasteiger partial charge on any atom is -0.489 e. The summed E-state index contributed by atoms with van der Waals surface area (Å²) in [5.41, 5.74) is 1.95. The molecule has 0 bridgehead atoms. The lowest BCUT2D eigenvalue weighted by Gasteiger charge is -2.35. The van der Waals surface area contributed by atoms with E-state index in [9.17, 15) is 9.18 Å². The van der Waals surface area contributed by atoms with Crippen LogP contribution in [0.2, 0.25) is 5.02 Å². The van der Waals surface area contributed by atoms with Crippen molar-refractivity contribution in [3.05, 3.63) is 51.8 Å². The molecule has 164 valence electrons. The Labute approximate surface area is 185 Å². The summed E-state index contributed by atoms with van der Waals surface area (Å²) >= 11 is 6.17. The predicted molar refractivity (Wildman–Crippen MR) is 116 cm³/mol. The van der Waals surface area contributed by atoms with Crippen molar-refractivity contribution in [3.63, 3.8) is 0 Å². The predicted octanol–water partition coefficient (Wildman–Crippen LogP) is 3.27. The van der Waals surface area contributed by atoms with Crippen molar-refractivity contribution in [1.82, 2.24) is 20.2 Å². The van der Waals surface area contributed by atoms with Crippen molar-refractivity contribution in [3.8, 4) is 5.75 Å². The van der Waals surface area contributed by atoms with Crippen LogP contribution < -0.4 is 10.1 Å². The number of carbonyl (C=O) groups is 1. The molecular weight excluding hydrogens is 421 g/mol. The zero-order chi connectivity index (χ0) is 22.3. The Hall–Kier alpha value is -2.58. The van der Waals surface area contributed by atoms with Gasteiger partial charge in [0.2, 0.25) is 0 Å². The maximum absolute atomic E-state index is 13.9. The average molecular weight is 446 g/mol. The fourth-order valence-electron chi connectivity index (χ4n) is 4.01. The molecule has 0 spiro atoms. The van der Waals surface area contributed by atoms with E-state index in [1.54, 1.807) is 18.7 Å². The number of aromatic nitrogens is 2. The second-order valence-electron chi connectivity index (χ2n) is 8.17. The molecule has 1 aromatic heterocycles. The summed E-state index contributed by atoms with van der Waals surface area (Å²) in [7, 11) is 1.89. The molecule has 2 heterocycles. The first-order chi connectivity index (χ1) is 14.8. The van der Waals surface area contributed by atoms with Crippen LogP contribution in [0.1, 0.15) is 46.3 Å². The van der Waals surface area contributed by atoms with Gasteiger partial charge in [-0.3, -0.25) is 4.79 Å². The van der Waals surface area contributed by atoms with Crippen molar-refractivity contribution < 1.29 is 13.9 Å². The molecule has 1 amide bonds. The Morgan fingerprint density at radius 3 is 2.61 bits per heavy atom. The lowest BCUT2D eigenvalue weighted by Crippen LogP contribution is -2.45. The molecule has 1 saturated heterocycles. The molecule has 1 atom stereocenters. The second kappa shape index (κ2) is 8.51. The van der Waals surface area contributed by atoms with E-state index in [4.69, 9.17) is 21.7 Å². The van der Waals surface area contributed by atoms with Crippen LogP contribution in [-0.2, 0) is 0 Å². The number of hydrogen-bond acceptors (Lipinski definition) is 6. The van der Waals surface area contributed by atoms with E-state index < -0.39 is 11.7 Å². The van der Waals surface area contributed by atoms with Gasteiger partial charge in [0, 0.05) is 24.4 Å². The molecule has 1 unspecified atom stereocenters. The van der Waals surface area contributed by atoms with Crippen LogP contribution in [0.5, 0.6) is 5.75 Å². The maximum Gasteiger partial charge on any atom is 0.257 e. The number of halogens is 2. The second-order valence-corrected chi connectivity index (χ2v) is 8.55. The third kappa shape index (κ3) is 4.27. The minimum absolute atomic E-state index is 0.0520. The van der Waals surface area contributed by atoms with E-state index >= 15 is 0 Å². The molecule has 9 heteroatoms. The van der Waals surface area contributed by atoms with E-state index in [1.165, 1.54) is 18.2 Å². The van der Waals surface area contributed by atoms with Crippen LogP contribution >= 0.6 is 11.6 Å². The van der Waals surface area contributed by atoms with Gasteiger partial charge in [-0.15, -0.1) is 0 Å². The van der Waals surface area contributed by atoms with Crippen molar-refractivity contribution in [2.75, 3.05) is 20.1 Å². The van der Waals surface area contributed by atoms with E-state index in [0.717, 1.165) is 12.8 Å². The normalized spacial score (nSPS) is 23.1. The highest BCUT2D eigenvalue weighted by Gasteiger charge is 2.36. The summed E-state index contributed by atoms with van der Waals surface area (Å²) in [6.45, 7) is 4.03. The molecule has 1 aliphatic carbocycles. The highest BCUT2D eigenvalue weighted by atomic mass is 35.5. The number of nitrogens with zero attached hydrogens (tertiary/aromatic N) is 3. The Balaban J connectivity index is 1.53. The SMILES string of the molecule is CNC1CC(Oc2cc(F)ccc2C(=O)N2CC(=N)C(c3nc(C)c(Cl)c(C)n3)C2)C1. The van der Waals surface area contributed by atoms with Crippen LogP contribution in [0.3, 0.4) is 0 Å². The molecule has 1 aromatic carbocycles. The Kier molecular flexibility index (Phi) is 5.94. The minimum atomic E-state index is -0.455. The summed E-state index contributed by atoms with van der Waals surface area (Å²) in [4.78, 5) is 23.7. The number of amides is 1. The van der Waals surface area contributed by atoms with Crippen molar-refractivity contribution in [2.24, 2.45) is 0 Å². The number of rotatable bonds is 5. The van der Waals surface area contributed by atoms with Crippen LogP contribution in [0.25, 0.3) is 0 Å². The Morgan fingerprint density at radius 2 is 1.97 bits per heavy atom. The van der Waals surface area contributed by atoms with E-state index in [0.29, 0.717) is 39.6 Å². The van der Waals surface area contributed by atoms with Gasteiger partial charge in [-0.25, -0.2) is 14.4 Å². The van der Waals surface area contributed by atoms with Gasteiger partial charge in [-0.2, -0.15) is 0 Å². The zero-order valence-corrected chi connectivity index (χ0v) is 18.5. The number of hydrogen-bond donors (Lipinski definition) is 2. The molecule has 0 radical (unpaired) electrons.